The Bertz CT molecular complexity index is 185. The smallest absolute Gasteiger partial charge is 0.0540 e. The molecular weight excluding hydrogens is 160 g/mol. The predicted octanol–water partition coefficient (Wildman–Crippen LogP) is 3.14. The summed E-state index contributed by atoms with van der Waals surface area (Å²) in [6.45, 7) is 10.9. The highest BCUT2D eigenvalue weighted by Gasteiger charge is 2.33. The molecule has 1 heteroatoms. The Hall–Kier alpha value is -0.300. The Kier molecular flexibility index (Phi) is 3.18. The van der Waals surface area contributed by atoms with Crippen LogP contribution in [0.3, 0.4) is 0 Å². The molecule has 0 amide bonds. The third kappa shape index (κ3) is 2.34. The molecule has 1 rings (SSSR count). The van der Waals surface area contributed by atoms with Crippen molar-refractivity contribution in [3.05, 3.63) is 12.2 Å². The quantitative estimate of drug-likeness (QED) is 0.650. The van der Waals surface area contributed by atoms with Gasteiger partial charge in [-0.15, -0.1) is 0 Å². The van der Waals surface area contributed by atoms with Crippen molar-refractivity contribution in [1.29, 1.82) is 0 Å². The van der Waals surface area contributed by atoms with Crippen molar-refractivity contribution in [2.24, 2.45) is 11.3 Å². The Morgan fingerprint density at radius 3 is 2.23 bits per heavy atom. The van der Waals surface area contributed by atoms with Crippen molar-refractivity contribution in [2.45, 2.75) is 52.6 Å². The minimum Gasteiger partial charge on any atom is -0.393 e. The molecule has 0 atom stereocenters. The second kappa shape index (κ2) is 3.83. The standard InChI is InChI=1S/C12H22O/c1-9(2)10(3)12(4)7-5-11(13)6-8-12/h9,11,13H,3,5-8H2,1-2,4H3. The van der Waals surface area contributed by atoms with Gasteiger partial charge >= 0.3 is 0 Å². The summed E-state index contributed by atoms with van der Waals surface area (Å²) < 4.78 is 0. The number of allylic oxidation sites excluding steroid dienone is 1. The van der Waals surface area contributed by atoms with Crippen LogP contribution in [-0.2, 0) is 0 Å². The summed E-state index contributed by atoms with van der Waals surface area (Å²) in [7, 11) is 0. The zero-order chi connectivity index (χ0) is 10.1. The van der Waals surface area contributed by atoms with Crippen LogP contribution in [0, 0.1) is 11.3 Å². The lowest BCUT2D eigenvalue weighted by atomic mass is 9.67. The highest BCUT2D eigenvalue weighted by molar-refractivity contribution is 5.12. The number of hydrogen-bond acceptors (Lipinski definition) is 1. The van der Waals surface area contributed by atoms with Gasteiger partial charge in [-0.2, -0.15) is 0 Å². The number of aliphatic hydroxyl groups excluding tert-OH is 1. The topological polar surface area (TPSA) is 20.2 Å². The molecule has 1 N–H and O–H groups in total. The molecule has 0 aromatic rings. The van der Waals surface area contributed by atoms with Gasteiger partial charge in [-0.1, -0.05) is 32.9 Å². The monoisotopic (exact) mass is 182 g/mol. The largest absolute Gasteiger partial charge is 0.393 e. The molecule has 0 saturated heterocycles. The van der Waals surface area contributed by atoms with Crippen LogP contribution in [0.15, 0.2) is 12.2 Å². The molecule has 0 unspecified atom stereocenters. The molecule has 0 aromatic carbocycles. The summed E-state index contributed by atoms with van der Waals surface area (Å²) in [4.78, 5) is 0. The van der Waals surface area contributed by atoms with E-state index in [1.54, 1.807) is 0 Å². The maximum Gasteiger partial charge on any atom is 0.0540 e. The van der Waals surface area contributed by atoms with E-state index in [2.05, 4.69) is 27.4 Å². The summed E-state index contributed by atoms with van der Waals surface area (Å²) >= 11 is 0. The first kappa shape index (κ1) is 10.8. The normalized spacial score (nSPS) is 35.0. The molecule has 0 heterocycles. The van der Waals surface area contributed by atoms with Gasteiger partial charge in [0.2, 0.25) is 0 Å². The van der Waals surface area contributed by atoms with E-state index in [9.17, 15) is 5.11 Å². The van der Waals surface area contributed by atoms with Gasteiger partial charge in [0.05, 0.1) is 6.10 Å². The molecule has 1 fully saturated rings. The van der Waals surface area contributed by atoms with Crippen molar-refractivity contribution in [1.82, 2.24) is 0 Å². The summed E-state index contributed by atoms with van der Waals surface area (Å²) in [6.07, 6.45) is 4.04. The second-order valence-corrected chi connectivity index (χ2v) is 4.97. The lowest BCUT2D eigenvalue weighted by Crippen LogP contribution is -2.30. The van der Waals surface area contributed by atoms with Crippen LogP contribution in [0.4, 0.5) is 0 Å². The van der Waals surface area contributed by atoms with Crippen LogP contribution < -0.4 is 0 Å². The van der Waals surface area contributed by atoms with Crippen LogP contribution >= 0.6 is 0 Å². The van der Waals surface area contributed by atoms with Crippen LogP contribution in [0.1, 0.15) is 46.5 Å². The molecule has 1 aliphatic carbocycles. The number of rotatable bonds is 2. The first-order chi connectivity index (χ1) is 5.96. The molecule has 1 saturated carbocycles. The molecular formula is C12H22O. The van der Waals surface area contributed by atoms with E-state index in [-0.39, 0.29) is 11.5 Å². The fourth-order valence-electron chi connectivity index (χ4n) is 2.26. The molecule has 1 nitrogen and oxygen atoms in total. The highest BCUT2D eigenvalue weighted by Crippen LogP contribution is 2.43. The predicted molar refractivity (Wildman–Crippen MR) is 56.6 cm³/mol. The molecule has 0 radical (unpaired) electrons. The van der Waals surface area contributed by atoms with Crippen LogP contribution in [-0.4, -0.2) is 11.2 Å². The highest BCUT2D eigenvalue weighted by atomic mass is 16.3. The molecule has 13 heavy (non-hydrogen) atoms. The van der Waals surface area contributed by atoms with E-state index in [1.807, 2.05) is 0 Å². The Morgan fingerprint density at radius 1 is 1.38 bits per heavy atom. The van der Waals surface area contributed by atoms with Crippen LogP contribution in [0.25, 0.3) is 0 Å². The van der Waals surface area contributed by atoms with Gasteiger partial charge < -0.3 is 5.11 Å². The molecule has 0 bridgehead atoms. The summed E-state index contributed by atoms with van der Waals surface area (Å²) in [5, 5.41) is 9.43. The van der Waals surface area contributed by atoms with E-state index in [0.29, 0.717) is 5.92 Å². The lowest BCUT2D eigenvalue weighted by Gasteiger charge is -2.39. The maximum atomic E-state index is 9.43. The van der Waals surface area contributed by atoms with Crippen molar-refractivity contribution in [2.75, 3.05) is 0 Å². The Morgan fingerprint density at radius 2 is 1.85 bits per heavy atom. The van der Waals surface area contributed by atoms with Crippen molar-refractivity contribution < 1.29 is 5.11 Å². The van der Waals surface area contributed by atoms with Crippen LogP contribution in [0.2, 0.25) is 0 Å². The van der Waals surface area contributed by atoms with Gasteiger partial charge in [0.15, 0.2) is 0 Å². The molecule has 0 aromatic heterocycles. The minimum atomic E-state index is -0.0620. The van der Waals surface area contributed by atoms with Gasteiger partial charge in [0.1, 0.15) is 0 Å². The first-order valence-corrected chi connectivity index (χ1v) is 5.33. The number of hydrogen-bond donors (Lipinski definition) is 1. The summed E-state index contributed by atoms with van der Waals surface area (Å²) in [5.74, 6) is 0.570. The van der Waals surface area contributed by atoms with Crippen LogP contribution in [0.5, 0.6) is 0 Å². The average Bonchev–Trinajstić information content (AvgIpc) is 2.09. The second-order valence-electron chi connectivity index (χ2n) is 4.97. The fourth-order valence-corrected chi connectivity index (χ4v) is 2.26. The van der Waals surface area contributed by atoms with Crippen molar-refractivity contribution in [3.63, 3.8) is 0 Å². The molecule has 76 valence electrons. The minimum absolute atomic E-state index is 0.0620. The van der Waals surface area contributed by atoms with E-state index in [4.69, 9.17) is 0 Å². The van der Waals surface area contributed by atoms with Gasteiger partial charge in [-0.3, -0.25) is 0 Å². The van der Waals surface area contributed by atoms with E-state index in [0.717, 1.165) is 25.7 Å². The summed E-state index contributed by atoms with van der Waals surface area (Å²) in [5.41, 5.74) is 1.65. The Balaban J connectivity index is 2.61. The molecule has 1 aliphatic rings. The van der Waals surface area contributed by atoms with Gasteiger partial charge in [0.25, 0.3) is 0 Å². The zero-order valence-electron chi connectivity index (χ0n) is 9.14. The van der Waals surface area contributed by atoms with Gasteiger partial charge in [-0.25, -0.2) is 0 Å². The molecule has 0 spiro atoms. The zero-order valence-corrected chi connectivity index (χ0v) is 9.14. The third-order valence-electron chi connectivity index (χ3n) is 3.53. The SMILES string of the molecule is C=C(C(C)C)C1(C)CCC(O)CC1. The lowest BCUT2D eigenvalue weighted by molar-refractivity contribution is 0.0837. The Labute approximate surface area is 81.9 Å². The van der Waals surface area contributed by atoms with E-state index < -0.39 is 0 Å². The number of aliphatic hydroxyl groups is 1. The van der Waals surface area contributed by atoms with Gasteiger partial charge in [-0.05, 0) is 37.0 Å². The van der Waals surface area contributed by atoms with Crippen molar-refractivity contribution in [3.8, 4) is 0 Å². The maximum absolute atomic E-state index is 9.43. The third-order valence-corrected chi connectivity index (χ3v) is 3.53. The average molecular weight is 182 g/mol. The van der Waals surface area contributed by atoms with E-state index >= 15 is 0 Å². The van der Waals surface area contributed by atoms with E-state index in [1.165, 1.54) is 5.57 Å². The van der Waals surface area contributed by atoms with Gasteiger partial charge in [0, 0.05) is 0 Å². The molecule has 0 aliphatic heterocycles. The fraction of sp³-hybridized carbons (Fsp3) is 0.833. The first-order valence-electron chi connectivity index (χ1n) is 5.33. The van der Waals surface area contributed by atoms with Crippen molar-refractivity contribution >= 4 is 0 Å². The summed E-state index contributed by atoms with van der Waals surface area (Å²) in [6, 6.07) is 0.